The Kier molecular flexibility index (Phi) is 6.52. The molecule has 1 aromatic carbocycles. The van der Waals surface area contributed by atoms with Gasteiger partial charge in [0.15, 0.2) is 0 Å². The van der Waals surface area contributed by atoms with Crippen molar-refractivity contribution < 1.29 is 9.53 Å². The van der Waals surface area contributed by atoms with Crippen LogP contribution in [0.25, 0.3) is 0 Å². The number of carbonyl (C=O) groups excluding carboxylic acids is 1. The molecule has 0 bridgehead atoms. The molecule has 2 N–H and O–H groups in total. The summed E-state index contributed by atoms with van der Waals surface area (Å²) in [4.78, 5) is 11.8. The highest BCUT2D eigenvalue weighted by molar-refractivity contribution is 5.94. The summed E-state index contributed by atoms with van der Waals surface area (Å²) >= 11 is 0. The largest absolute Gasteiger partial charge is 0.383 e. The third-order valence-corrected chi connectivity index (χ3v) is 3.32. The Hall–Kier alpha value is -1.55. The quantitative estimate of drug-likeness (QED) is 0.806. The number of anilines is 1. The summed E-state index contributed by atoms with van der Waals surface area (Å²) in [6.07, 6.45) is 0. The molecule has 0 aliphatic rings. The van der Waals surface area contributed by atoms with Crippen LogP contribution in [0.5, 0.6) is 0 Å². The topological polar surface area (TPSA) is 50.4 Å². The van der Waals surface area contributed by atoms with Crippen molar-refractivity contribution in [2.24, 2.45) is 5.92 Å². The van der Waals surface area contributed by atoms with Gasteiger partial charge in [-0.15, -0.1) is 0 Å². The van der Waals surface area contributed by atoms with Crippen molar-refractivity contribution in [3.8, 4) is 0 Å². The average molecular weight is 278 g/mol. The van der Waals surface area contributed by atoms with Crippen molar-refractivity contribution in [3.05, 3.63) is 29.3 Å². The van der Waals surface area contributed by atoms with Gasteiger partial charge in [0.2, 0.25) is 0 Å². The highest BCUT2D eigenvalue weighted by Gasteiger charge is 2.14. The normalized spacial score (nSPS) is 12.3. The molecule has 0 fully saturated rings. The molecule has 0 spiro atoms. The summed E-state index contributed by atoms with van der Waals surface area (Å²) in [6, 6.07) is 5.99. The molecule has 1 rings (SSSR count). The third-order valence-electron chi connectivity index (χ3n) is 3.32. The zero-order valence-corrected chi connectivity index (χ0v) is 13.1. The van der Waals surface area contributed by atoms with Gasteiger partial charge in [-0.25, -0.2) is 0 Å². The lowest BCUT2D eigenvalue weighted by atomic mass is 10.0. The number of aryl methyl sites for hydroxylation is 1. The number of carbonyl (C=O) groups is 1. The fourth-order valence-corrected chi connectivity index (χ4v) is 2.01. The Morgan fingerprint density at radius 3 is 2.55 bits per heavy atom. The molecule has 0 radical (unpaired) electrons. The third kappa shape index (κ3) is 4.53. The summed E-state index contributed by atoms with van der Waals surface area (Å²) < 4.78 is 5.24. The highest BCUT2D eigenvalue weighted by Crippen LogP contribution is 2.19. The summed E-state index contributed by atoms with van der Waals surface area (Å²) in [5.41, 5.74) is 2.81. The van der Waals surface area contributed by atoms with Gasteiger partial charge in [0, 0.05) is 24.9 Å². The van der Waals surface area contributed by atoms with Crippen LogP contribution in [0, 0.1) is 12.8 Å². The first-order valence-corrected chi connectivity index (χ1v) is 7.13. The minimum Gasteiger partial charge on any atom is -0.383 e. The molecule has 0 aliphatic carbocycles. The van der Waals surface area contributed by atoms with Gasteiger partial charge in [0.05, 0.1) is 12.6 Å². The zero-order chi connectivity index (χ0) is 15.1. The van der Waals surface area contributed by atoms with E-state index in [-0.39, 0.29) is 11.9 Å². The van der Waals surface area contributed by atoms with Crippen molar-refractivity contribution in [2.75, 3.05) is 25.6 Å². The second-order valence-electron chi connectivity index (χ2n) is 5.34. The lowest BCUT2D eigenvalue weighted by Gasteiger charge is -2.24. The number of benzene rings is 1. The van der Waals surface area contributed by atoms with E-state index in [4.69, 9.17) is 4.74 Å². The van der Waals surface area contributed by atoms with E-state index in [1.807, 2.05) is 32.0 Å². The molecule has 1 amide bonds. The van der Waals surface area contributed by atoms with Gasteiger partial charge in [-0.05, 0) is 43.5 Å². The SMILES string of the molecule is CCNC(=O)c1ccc(NC(COC)C(C)C)c(C)c1. The first kappa shape index (κ1) is 16.5. The number of rotatable bonds is 7. The van der Waals surface area contributed by atoms with Gasteiger partial charge >= 0.3 is 0 Å². The van der Waals surface area contributed by atoms with E-state index >= 15 is 0 Å². The molecule has 0 aliphatic heterocycles. The molecule has 0 saturated carbocycles. The molecule has 20 heavy (non-hydrogen) atoms. The van der Waals surface area contributed by atoms with Crippen LogP contribution in [-0.2, 0) is 4.74 Å². The Bertz CT molecular complexity index is 444. The van der Waals surface area contributed by atoms with Crippen molar-refractivity contribution in [1.29, 1.82) is 0 Å². The monoisotopic (exact) mass is 278 g/mol. The first-order valence-electron chi connectivity index (χ1n) is 7.13. The number of ether oxygens (including phenoxy) is 1. The van der Waals surface area contributed by atoms with Crippen LogP contribution in [0.1, 0.15) is 36.7 Å². The van der Waals surface area contributed by atoms with Crippen LogP contribution < -0.4 is 10.6 Å². The van der Waals surface area contributed by atoms with E-state index in [9.17, 15) is 4.79 Å². The molecule has 112 valence electrons. The molecule has 4 nitrogen and oxygen atoms in total. The van der Waals surface area contributed by atoms with E-state index in [1.165, 1.54) is 0 Å². The Morgan fingerprint density at radius 2 is 2.05 bits per heavy atom. The van der Waals surface area contributed by atoms with E-state index in [1.54, 1.807) is 7.11 Å². The maximum absolute atomic E-state index is 11.8. The lowest BCUT2D eigenvalue weighted by Crippen LogP contribution is -2.30. The van der Waals surface area contributed by atoms with Crippen molar-refractivity contribution in [3.63, 3.8) is 0 Å². The highest BCUT2D eigenvalue weighted by atomic mass is 16.5. The molecular formula is C16H26N2O2. The maximum atomic E-state index is 11.8. The summed E-state index contributed by atoms with van der Waals surface area (Å²) in [5, 5.41) is 6.30. The summed E-state index contributed by atoms with van der Waals surface area (Å²) in [5.74, 6) is 0.442. The molecule has 1 unspecified atom stereocenters. The molecule has 1 atom stereocenters. The molecule has 0 heterocycles. The van der Waals surface area contributed by atoms with Crippen molar-refractivity contribution in [1.82, 2.24) is 5.32 Å². The minimum absolute atomic E-state index is 0.0283. The van der Waals surface area contributed by atoms with Gasteiger partial charge in [-0.1, -0.05) is 13.8 Å². The summed E-state index contributed by atoms with van der Waals surface area (Å²) in [6.45, 7) is 9.55. The van der Waals surface area contributed by atoms with E-state index in [0.717, 1.165) is 11.3 Å². The lowest BCUT2D eigenvalue weighted by molar-refractivity contribution is 0.0955. The minimum atomic E-state index is -0.0283. The zero-order valence-electron chi connectivity index (χ0n) is 13.1. The Labute approximate surface area is 121 Å². The van der Waals surface area contributed by atoms with Crippen LogP contribution in [0.3, 0.4) is 0 Å². The van der Waals surface area contributed by atoms with E-state index < -0.39 is 0 Å². The number of methoxy groups -OCH3 is 1. The number of hydrogen-bond donors (Lipinski definition) is 2. The second kappa shape index (κ2) is 7.90. The number of hydrogen-bond acceptors (Lipinski definition) is 3. The van der Waals surface area contributed by atoms with Crippen LogP contribution in [0.4, 0.5) is 5.69 Å². The first-order chi connectivity index (χ1) is 9.49. The number of nitrogens with one attached hydrogen (secondary N) is 2. The fourth-order valence-electron chi connectivity index (χ4n) is 2.01. The van der Waals surface area contributed by atoms with Gasteiger partial charge < -0.3 is 15.4 Å². The van der Waals surface area contributed by atoms with Crippen LogP contribution >= 0.6 is 0 Å². The molecular weight excluding hydrogens is 252 g/mol. The van der Waals surface area contributed by atoms with Gasteiger partial charge in [-0.3, -0.25) is 4.79 Å². The number of amides is 1. The second-order valence-corrected chi connectivity index (χ2v) is 5.34. The van der Waals surface area contributed by atoms with Crippen molar-refractivity contribution in [2.45, 2.75) is 33.7 Å². The molecule has 0 saturated heterocycles. The van der Waals surface area contributed by atoms with Gasteiger partial charge in [0.25, 0.3) is 5.91 Å². The smallest absolute Gasteiger partial charge is 0.251 e. The predicted octanol–water partition coefficient (Wildman–Crippen LogP) is 2.83. The van der Waals surface area contributed by atoms with E-state index in [0.29, 0.717) is 24.6 Å². The fraction of sp³-hybridized carbons (Fsp3) is 0.562. The van der Waals surface area contributed by atoms with Gasteiger partial charge in [-0.2, -0.15) is 0 Å². The maximum Gasteiger partial charge on any atom is 0.251 e. The van der Waals surface area contributed by atoms with Crippen molar-refractivity contribution >= 4 is 11.6 Å². The summed E-state index contributed by atoms with van der Waals surface area (Å²) in [7, 11) is 1.71. The molecule has 1 aromatic rings. The van der Waals surface area contributed by atoms with Crippen LogP contribution in [0.15, 0.2) is 18.2 Å². The van der Waals surface area contributed by atoms with Crippen LogP contribution in [0.2, 0.25) is 0 Å². The van der Waals surface area contributed by atoms with Crippen LogP contribution in [-0.4, -0.2) is 32.2 Å². The van der Waals surface area contributed by atoms with E-state index in [2.05, 4.69) is 24.5 Å². The average Bonchev–Trinajstić information content (AvgIpc) is 2.40. The standard InChI is InChI=1S/C16H26N2O2/c1-6-17-16(19)13-7-8-14(12(4)9-13)18-15(10-20-5)11(2)3/h7-9,11,15,18H,6,10H2,1-5H3,(H,17,19). The Balaban J connectivity index is 2.84. The van der Waals surface area contributed by atoms with Gasteiger partial charge in [0.1, 0.15) is 0 Å². The Morgan fingerprint density at radius 1 is 1.35 bits per heavy atom. The predicted molar refractivity (Wildman–Crippen MR) is 83.3 cm³/mol. The molecule has 0 aromatic heterocycles. The molecule has 4 heteroatoms.